The van der Waals surface area contributed by atoms with Crippen molar-refractivity contribution in [1.29, 1.82) is 0 Å². The van der Waals surface area contributed by atoms with Gasteiger partial charge in [0.1, 0.15) is 11.5 Å². The Labute approximate surface area is 153 Å². The first-order valence-electron chi connectivity index (χ1n) is 7.35. The molecule has 2 N–H and O–H groups in total. The first-order valence-corrected chi connectivity index (χ1v) is 8.23. The zero-order chi connectivity index (χ0) is 19.1. The van der Waals surface area contributed by atoms with Gasteiger partial charge in [-0.2, -0.15) is 0 Å². The van der Waals surface area contributed by atoms with Gasteiger partial charge in [0.05, 0.1) is 19.9 Å². The molecule has 0 unspecified atom stereocenters. The molecule has 1 heterocycles. The molecule has 2 rings (SSSR count). The van der Waals surface area contributed by atoms with E-state index in [0.29, 0.717) is 17.2 Å². The van der Waals surface area contributed by atoms with E-state index in [9.17, 15) is 14.4 Å². The summed E-state index contributed by atoms with van der Waals surface area (Å²) in [6.07, 6.45) is 0. The van der Waals surface area contributed by atoms with Crippen molar-refractivity contribution in [1.82, 2.24) is 4.98 Å². The molecule has 0 atom stereocenters. The molecule has 0 aliphatic heterocycles. The Kier molecular flexibility index (Phi) is 6.50. The number of rotatable bonds is 7. The highest BCUT2D eigenvalue weighted by Gasteiger charge is 2.15. The van der Waals surface area contributed by atoms with E-state index in [2.05, 4.69) is 15.6 Å². The van der Waals surface area contributed by atoms with Crippen molar-refractivity contribution in [2.45, 2.75) is 6.92 Å². The zero-order valence-corrected chi connectivity index (χ0v) is 15.1. The molecule has 0 saturated heterocycles. The third kappa shape index (κ3) is 5.18. The van der Waals surface area contributed by atoms with Crippen LogP contribution in [0.15, 0.2) is 23.6 Å². The van der Waals surface area contributed by atoms with Crippen LogP contribution < -0.4 is 20.1 Å². The van der Waals surface area contributed by atoms with E-state index in [0.717, 1.165) is 11.3 Å². The summed E-state index contributed by atoms with van der Waals surface area (Å²) in [4.78, 5) is 38.7. The van der Waals surface area contributed by atoms with Gasteiger partial charge >= 0.3 is 5.97 Å². The Balaban J connectivity index is 1.91. The fraction of sp³-hybridized carbons (Fsp3) is 0.250. The molecule has 26 heavy (non-hydrogen) atoms. The van der Waals surface area contributed by atoms with Crippen LogP contribution in [0.2, 0.25) is 0 Å². The van der Waals surface area contributed by atoms with Gasteiger partial charge < -0.3 is 24.8 Å². The highest BCUT2D eigenvalue weighted by molar-refractivity contribution is 7.14. The number of benzene rings is 1. The van der Waals surface area contributed by atoms with Crippen LogP contribution in [0.25, 0.3) is 0 Å². The lowest BCUT2D eigenvalue weighted by Gasteiger charge is -2.11. The minimum atomic E-state index is -0.769. The van der Waals surface area contributed by atoms with E-state index in [1.807, 2.05) is 0 Å². The Morgan fingerprint density at radius 3 is 2.58 bits per heavy atom. The molecule has 1 aromatic heterocycles. The Hall–Kier alpha value is -3.14. The highest BCUT2D eigenvalue weighted by Crippen LogP contribution is 2.28. The second-order valence-corrected chi connectivity index (χ2v) is 5.77. The third-order valence-electron chi connectivity index (χ3n) is 3.01. The van der Waals surface area contributed by atoms with Gasteiger partial charge in [-0.3, -0.25) is 9.59 Å². The highest BCUT2D eigenvalue weighted by atomic mass is 32.1. The summed E-state index contributed by atoms with van der Waals surface area (Å²) >= 11 is 1.08. The SMILES string of the molecule is COc1ccc(NC(=O)COC(=O)c2csc(NC(C)=O)n2)c(OC)c1. The topological polar surface area (TPSA) is 116 Å². The number of esters is 1. The lowest BCUT2D eigenvalue weighted by Crippen LogP contribution is -2.21. The molecular formula is C16H17N3O6S. The molecule has 138 valence electrons. The Morgan fingerprint density at radius 1 is 1.15 bits per heavy atom. The molecule has 0 saturated carbocycles. The monoisotopic (exact) mass is 379 g/mol. The Bertz CT molecular complexity index is 820. The van der Waals surface area contributed by atoms with E-state index in [4.69, 9.17) is 14.2 Å². The van der Waals surface area contributed by atoms with Crippen LogP contribution in [0.4, 0.5) is 10.8 Å². The third-order valence-corrected chi connectivity index (χ3v) is 3.77. The Morgan fingerprint density at radius 2 is 1.92 bits per heavy atom. The van der Waals surface area contributed by atoms with Crippen molar-refractivity contribution in [3.05, 3.63) is 29.3 Å². The van der Waals surface area contributed by atoms with E-state index in [-0.39, 0.29) is 16.7 Å². The summed E-state index contributed by atoms with van der Waals surface area (Å²) in [5.74, 6) is -0.630. The van der Waals surface area contributed by atoms with Gasteiger partial charge in [0.15, 0.2) is 17.4 Å². The van der Waals surface area contributed by atoms with Crippen molar-refractivity contribution in [2.24, 2.45) is 0 Å². The fourth-order valence-corrected chi connectivity index (χ4v) is 2.59. The summed E-state index contributed by atoms with van der Waals surface area (Å²) in [5, 5.41) is 6.74. The minimum Gasteiger partial charge on any atom is -0.497 e. The van der Waals surface area contributed by atoms with Crippen molar-refractivity contribution in [3.8, 4) is 11.5 Å². The molecule has 1 aromatic carbocycles. The number of methoxy groups -OCH3 is 2. The van der Waals surface area contributed by atoms with Crippen molar-refractivity contribution in [2.75, 3.05) is 31.5 Å². The molecule has 0 aliphatic carbocycles. The minimum absolute atomic E-state index is 0.00794. The number of carbonyl (C=O) groups is 3. The number of ether oxygens (including phenoxy) is 3. The van der Waals surface area contributed by atoms with Gasteiger partial charge in [0.2, 0.25) is 5.91 Å². The van der Waals surface area contributed by atoms with Crippen LogP contribution in [0.5, 0.6) is 11.5 Å². The van der Waals surface area contributed by atoms with E-state index >= 15 is 0 Å². The molecule has 2 aromatic rings. The number of aromatic nitrogens is 1. The van der Waals surface area contributed by atoms with Gasteiger partial charge in [-0.05, 0) is 12.1 Å². The van der Waals surface area contributed by atoms with Crippen LogP contribution in [0, 0.1) is 0 Å². The van der Waals surface area contributed by atoms with Gasteiger partial charge in [-0.1, -0.05) is 0 Å². The maximum atomic E-state index is 12.0. The van der Waals surface area contributed by atoms with Gasteiger partial charge in [-0.15, -0.1) is 11.3 Å². The molecule has 10 heteroatoms. The summed E-state index contributed by atoms with van der Waals surface area (Å²) in [5.41, 5.74) is 0.421. The molecule has 0 radical (unpaired) electrons. The number of nitrogens with zero attached hydrogens (tertiary/aromatic N) is 1. The molecular weight excluding hydrogens is 362 g/mol. The standard InChI is InChI=1S/C16H17N3O6S/c1-9(20)17-16-19-12(8-26-16)15(22)25-7-14(21)18-11-5-4-10(23-2)6-13(11)24-3/h4-6,8H,7H2,1-3H3,(H,18,21)(H,17,19,20). The van der Waals surface area contributed by atoms with E-state index in [1.54, 1.807) is 18.2 Å². The van der Waals surface area contributed by atoms with E-state index in [1.165, 1.54) is 26.5 Å². The molecule has 0 fully saturated rings. The van der Waals surface area contributed by atoms with E-state index < -0.39 is 18.5 Å². The lowest BCUT2D eigenvalue weighted by atomic mass is 10.2. The average molecular weight is 379 g/mol. The maximum absolute atomic E-state index is 12.0. The maximum Gasteiger partial charge on any atom is 0.358 e. The molecule has 0 bridgehead atoms. The van der Waals surface area contributed by atoms with Crippen molar-refractivity contribution >= 4 is 39.9 Å². The molecule has 9 nitrogen and oxygen atoms in total. The molecule has 0 aliphatic rings. The number of hydrogen-bond acceptors (Lipinski definition) is 8. The first kappa shape index (κ1) is 19.2. The smallest absolute Gasteiger partial charge is 0.358 e. The second kappa shape index (κ2) is 8.81. The second-order valence-electron chi connectivity index (χ2n) is 4.91. The summed E-state index contributed by atoms with van der Waals surface area (Å²) in [6.45, 7) is 0.832. The zero-order valence-electron chi connectivity index (χ0n) is 14.3. The summed E-state index contributed by atoms with van der Waals surface area (Å²) < 4.78 is 15.2. The average Bonchev–Trinajstić information content (AvgIpc) is 3.07. The predicted molar refractivity (Wildman–Crippen MR) is 94.9 cm³/mol. The summed E-state index contributed by atoms with van der Waals surface area (Å²) in [7, 11) is 2.97. The number of thiazole rings is 1. The molecule has 0 spiro atoms. The predicted octanol–water partition coefficient (Wildman–Crippen LogP) is 1.91. The normalized spacial score (nSPS) is 9.96. The molecule has 2 amide bonds. The lowest BCUT2D eigenvalue weighted by molar-refractivity contribution is -0.119. The van der Waals surface area contributed by atoms with Crippen molar-refractivity contribution in [3.63, 3.8) is 0 Å². The first-order chi connectivity index (χ1) is 12.4. The number of nitrogens with one attached hydrogen (secondary N) is 2. The number of anilines is 2. The number of amides is 2. The quantitative estimate of drug-likeness (QED) is 0.706. The van der Waals surface area contributed by atoms with Crippen LogP contribution in [-0.2, 0) is 14.3 Å². The van der Waals surface area contributed by atoms with Gasteiger partial charge in [-0.25, -0.2) is 9.78 Å². The largest absolute Gasteiger partial charge is 0.497 e. The van der Waals surface area contributed by atoms with Crippen LogP contribution in [0.1, 0.15) is 17.4 Å². The van der Waals surface area contributed by atoms with Crippen LogP contribution in [0.3, 0.4) is 0 Å². The fourth-order valence-electron chi connectivity index (χ4n) is 1.87. The number of hydrogen-bond donors (Lipinski definition) is 2. The van der Waals surface area contributed by atoms with Gasteiger partial charge in [0, 0.05) is 18.4 Å². The van der Waals surface area contributed by atoms with Gasteiger partial charge in [0.25, 0.3) is 5.91 Å². The van der Waals surface area contributed by atoms with Crippen LogP contribution in [-0.4, -0.2) is 43.6 Å². The van der Waals surface area contributed by atoms with Crippen molar-refractivity contribution < 1.29 is 28.6 Å². The van der Waals surface area contributed by atoms with Crippen LogP contribution >= 0.6 is 11.3 Å². The number of carbonyl (C=O) groups excluding carboxylic acids is 3. The summed E-state index contributed by atoms with van der Waals surface area (Å²) in [6, 6.07) is 4.88.